The molecule has 1 aliphatic rings. The summed E-state index contributed by atoms with van der Waals surface area (Å²) in [6.45, 7) is 3.00. The minimum Gasteiger partial charge on any atom is -0.481 e. The molecule has 0 radical (unpaired) electrons. The van der Waals surface area contributed by atoms with Crippen LogP contribution in [-0.2, 0) is 4.79 Å². The molecule has 0 saturated carbocycles. The Hall–Kier alpha value is -1.54. The summed E-state index contributed by atoms with van der Waals surface area (Å²) in [5.74, 6) is -0.752. The van der Waals surface area contributed by atoms with Crippen LogP contribution < -0.4 is 4.90 Å². The molecule has 0 spiro atoms. The number of nitriles is 1. The average molecular weight is 309 g/mol. The van der Waals surface area contributed by atoms with Crippen molar-refractivity contribution in [3.8, 4) is 6.07 Å². The Kier molecular flexibility index (Phi) is 3.31. The highest BCUT2D eigenvalue weighted by molar-refractivity contribution is 9.10. The van der Waals surface area contributed by atoms with Gasteiger partial charge in [0, 0.05) is 23.2 Å². The first kappa shape index (κ1) is 12.9. The maximum Gasteiger partial charge on any atom is 0.311 e. The van der Waals surface area contributed by atoms with Crippen molar-refractivity contribution in [2.24, 2.45) is 5.41 Å². The lowest BCUT2D eigenvalue weighted by Gasteiger charge is -2.22. The Morgan fingerprint density at radius 1 is 1.61 bits per heavy atom. The summed E-state index contributed by atoms with van der Waals surface area (Å²) in [6, 6.07) is 7.56. The van der Waals surface area contributed by atoms with Gasteiger partial charge in [-0.25, -0.2) is 0 Å². The van der Waals surface area contributed by atoms with E-state index < -0.39 is 11.4 Å². The smallest absolute Gasteiger partial charge is 0.311 e. The third-order valence-corrected chi connectivity index (χ3v) is 4.08. The van der Waals surface area contributed by atoms with E-state index in [9.17, 15) is 9.90 Å². The lowest BCUT2D eigenvalue weighted by atomic mass is 9.90. The van der Waals surface area contributed by atoms with Crippen molar-refractivity contribution in [2.75, 3.05) is 18.0 Å². The van der Waals surface area contributed by atoms with Crippen LogP contribution in [0.4, 0.5) is 5.69 Å². The fourth-order valence-corrected chi connectivity index (χ4v) is 2.60. The number of carboxylic acid groups (broad SMARTS) is 1. The molecule has 1 aromatic carbocycles. The van der Waals surface area contributed by atoms with Gasteiger partial charge in [0.25, 0.3) is 0 Å². The van der Waals surface area contributed by atoms with E-state index in [1.807, 2.05) is 17.0 Å². The number of aliphatic carboxylic acids is 1. The second kappa shape index (κ2) is 4.62. The molecule has 94 valence electrons. The molecular formula is C13H13BrN2O2. The molecule has 0 amide bonds. The van der Waals surface area contributed by atoms with E-state index in [-0.39, 0.29) is 0 Å². The van der Waals surface area contributed by atoms with Gasteiger partial charge in [-0.15, -0.1) is 0 Å². The molecule has 1 fully saturated rings. The Morgan fingerprint density at radius 3 is 2.83 bits per heavy atom. The number of benzene rings is 1. The summed E-state index contributed by atoms with van der Waals surface area (Å²) in [6.07, 6.45) is 0.639. The molecule has 1 unspecified atom stereocenters. The number of hydrogen-bond donors (Lipinski definition) is 1. The fraction of sp³-hybridized carbons (Fsp3) is 0.385. The van der Waals surface area contributed by atoms with Crippen LogP contribution in [0.15, 0.2) is 22.7 Å². The van der Waals surface area contributed by atoms with Crippen LogP contribution in [0.2, 0.25) is 0 Å². The van der Waals surface area contributed by atoms with Crippen molar-refractivity contribution < 1.29 is 9.90 Å². The van der Waals surface area contributed by atoms with Crippen LogP contribution in [0.25, 0.3) is 0 Å². The van der Waals surface area contributed by atoms with Crippen molar-refractivity contribution in [3.63, 3.8) is 0 Å². The van der Waals surface area contributed by atoms with Crippen LogP contribution in [0, 0.1) is 16.7 Å². The molecular weight excluding hydrogens is 296 g/mol. The number of hydrogen-bond acceptors (Lipinski definition) is 3. The van der Waals surface area contributed by atoms with Crippen LogP contribution in [0.5, 0.6) is 0 Å². The van der Waals surface area contributed by atoms with Gasteiger partial charge in [-0.1, -0.05) is 0 Å². The quantitative estimate of drug-likeness (QED) is 0.912. The second-order valence-electron chi connectivity index (χ2n) is 4.81. The number of nitrogens with zero attached hydrogens (tertiary/aromatic N) is 2. The molecule has 1 aliphatic heterocycles. The predicted molar refractivity (Wildman–Crippen MR) is 71.4 cm³/mol. The lowest BCUT2D eigenvalue weighted by molar-refractivity contribution is -0.146. The van der Waals surface area contributed by atoms with Gasteiger partial charge in [0.1, 0.15) is 6.07 Å². The van der Waals surface area contributed by atoms with E-state index in [0.717, 1.165) is 16.7 Å². The van der Waals surface area contributed by atoms with Crippen LogP contribution in [-0.4, -0.2) is 24.2 Å². The monoisotopic (exact) mass is 308 g/mol. The summed E-state index contributed by atoms with van der Waals surface area (Å²) in [5.41, 5.74) is 0.852. The van der Waals surface area contributed by atoms with Crippen molar-refractivity contribution >= 4 is 27.6 Å². The Balaban J connectivity index is 2.23. The Morgan fingerprint density at radius 2 is 2.33 bits per heavy atom. The highest BCUT2D eigenvalue weighted by Gasteiger charge is 2.40. The Bertz CT molecular complexity index is 538. The van der Waals surface area contributed by atoms with E-state index in [4.69, 9.17) is 5.26 Å². The predicted octanol–water partition coefficient (Wildman–Crippen LogP) is 2.62. The maximum atomic E-state index is 11.2. The molecule has 2 rings (SSSR count). The van der Waals surface area contributed by atoms with Crippen molar-refractivity contribution in [3.05, 3.63) is 28.2 Å². The Labute approximate surface area is 114 Å². The zero-order valence-corrected chi connectivity index (χ0v) is 11.6. The van der Waals surface area contributed by atoms with Gasteiger partial charge in [-0.3, -0.25) is 4.79 Å². The summed E-state index contributed by atoms with van der Waals surface area (Å²) in [5, 5.41) is 18.1. The first-order chi connectivity index (χ1) is 8.46. The largest absolute Gasteiger partial charge is 0.481 e. The number of carboxylic acids is 1. The van der Waals surface area contributed by atoms with Gasteiger partial charge in [0.05, 0.1) is 11.0 Å². The summed E-state index contributed by atoms with van der Waals surface area (Å²) < 4.78 is 0.742. The molecule has 1 saturated heterocycles. The number of rotatable bonds is 2. The van der Waals surface area contributed by atoms with Crippen molar-refractivity contribution in [2.45, 2.75) is 13.3 Å². The molecule has 1 atom stereocenters. The topological polar surface area (TPSA) is 64.3 Å². The first-order valence-corrected chi connectivity index (χ1v) is 6.43. The fourth-order valence-electron chi connectivity index (χ4n) is 2.15. The van der Waals surface area contributed by atoms with E-state index in [0.29, 0.717) is 18.5 Å². The number of carbonyl (C=O) groups is 1. The molecule has 1 aromatic rings. The molecule has 0 aliphatic carbocycles. The zero-order chi connectivity index (χ0) is 13.3. The molecule has 0 bridgehead atoms. The SMILES string of the molecule is CC1(C(=O)O)CCN(c2ccc(C#N)c(Br)c2)C1. The van der Waals surface area contributed by atoms with Crippen LogP contribution in [0.1, 0.15) is 18.9 Å². The van der Waals surface area contributed by atoms with Gasteiger partial charge in [-0.05, 0) is 47.5 Å². The third-order valence-electron chi connectivity index (χ3n) is 3.43. The molecule has 1 N–H and O–H groups in total. The van der Waals surface area contributed by atoms with E-state index >= 15 is 0 Å². The van der Waals surface area contributed by atoms with E-state index in [1.165, 1.54) is 0 Å². The molecule has 4 nitrogen and oxygen atoms in total. The molecule has 18 heavy (non-hydrogen) atoms. The van der Waals surface area contributed by atoms with Gasteiger partial charge in [-0.2, -0.15) is 5.26 Å². The summed E-state index contributed by atoms with van der Waals surface area (Å²) >= 11 is 3.35. The second-order valence-corrected chi connectivity index (χ2v) is 5.67. The minimum absolute atomic E-state index is 0.501. The number of halogens is 1. The van der Waals surface area contributed by atoms with Crippen LogP contribution in [0.3, 0.4) is 0 Å². The normalized spacial score (nSPS) is 22.8. The lowest BCUT2D eigenvalue weighted by Crippen LogP contribution is -2.31. The maximum absolute atomic E-state index is 11.2. The van der Waals surface area contributed by atoms with Crippen molar-refractivity contribution in [1.29, 1.82) is 5.26 Å². The van der Waals surface area contributed by atoms with Gasteiger partial charge >= 0.3 is 5.97 Å². The highest BCUT2D eigenvalue weighted by Crippen LogP contribution is 2.34. The van der Waals surface area contributed by atoms with E-state index in [1.54, 1.807) is 13.0 Å². The van der Waals surface area contributed by atoms with Crippen LogP contribution >= 0.6 is 15.9 Å². The van der Waals surface area contributed by atoms with Gasteiger partial charge in [0.2, 0.25) is 0 Å². The van der Waals surface area contributed by atoms with Gasteiger partial charge < -0.3 is 10.0 Å². The molecule has 1 heterocycles. The zero-order valence-electron chi connectivity index (χ0n) is 9.98. The molecule has 0 aromatic heterocycles. The minimum atomic E-state index is -0.752. The standard InChI is InChI=1S/C13H13BrN2O2/c1-13(12(17)18)4-5-16(8-13)10-3-2-9(7-15)11(14)6-10/h2-3,6H,4-5,8H2,1H3,(H,17,18). The molecule has 5 heteroatoms. The average Bonchev–Trinajstić information content (AvgIpc) is 2.73. The highest BCUT2D eigenvalue weighted by atomic mass is 79.9. The summed E-state index contributed by atoms with van der Waals surface area (Å²) in [7, 11) is 0. The third kappa shape index (κ3) is 2.21. The van der Waals surface area contributed by atoms with Gasteiger partial charge in [0.15, 0.2) is 0 Å². The van der Waals surface area contributed by atoms with Crippen molar-refractivity contribution in [1.82, 2.24) is 0 Å². The summed E-state index contributed by atoms with van der Waals surface area (Å²) in [4.78, 5) is 13.2. The first-order valence-electron chi connectivity index (χ1n) is 5.64. The van der Waals surface area contributed by atoms with E-state index in [2.05, 4.69) is 22.0 Å². The number of anilines is 1.